The Kier molecular flexibility index (Phi) is 11.2. The van der Waals surface area contributed by atoms with Crippen LogP contribution in [0.1, 0.15) is 88.2 Å². The number of nitrogens with two attached hydrogens (primary N) is 1. The summed E-state index contributed by atoms with van der Waals surface area (Å²) >= 11 is 0. The zero-order chi connectivity index (χ0) is 29.0. The van der Waals surface area contributed by atoms with E-state index in [2.05, 4.69) is 5.32 Å². The van der Waals surface area contributed by atoms with Gasteiger partial charge in [-0.25, -0.2) is 9.59 Å². The molecule has 1 aliphatic heterocycles. The molecule has 3 aliphatic rings. The van der Waals surface area contributed by atoms with E-state index in [0.29, 0.717) is 19.4 Å². The molecule has 0 radical (unpaired) electrons. The Hall–Kier alpha value is -3.39. The molecule has 1 heterocycles. The van der Waals surface area contributed by atoms with Gasteiger partial charge in [0.2, 0.25) is 0 Å². The van der Waals surface area contributed by atoms with Gasteiger partial charge >= 0.3 is 18.0 Å². The van der Waals surface area contributed by atoms with Crippen molar-refractivity contribution >= 4 is 18.0 Å². The van der Waals surface area contributed by atoms with Crippen LogP contribution in [0.5, 0.6) is 0 Å². The van der Waals surface area contributed by atoms with Crippen molar-refractivity contribution in [2.24, 2.45) is 5.73 Å². The Morgan fingerprint density at radius 2 is 1.12 bits per heavy atom. The van der Waals surface area contributed by atoms with E-state index in [-0.39, 0.29) is 24.6 Å². The third-order valence-electron chi connectivity index (χ3n) is 8.42. The summed E-state index contributed by atoms with van der Waals surface area (Å²) < 4.78 is 10.9. The van der Waals surface area contributed by atoms with Crippen molar-refractivity contribution in [1.29, 1.82) is 0 Å². The van der Waals surface area contributed by atoms with Crippen LogP contribution in [-0.2, 0) is 32.3 Å². The lowest BCUT2D eigenvalue weighted by atomic mass is 9.81. The highest BCUT2D eigenvalue weighted by Gasteiger charge is 2.43. The molecule has 2 aromatic rings. The van der Waals surface area contributed by atoms with Gasteiger partial charge in [0.05, 0.1) is 0 Å². The number of hydrogen-bond acceptors (Lipinski definition) is 6. The number of nitrogens with one attached hydrogen (secondary N) is 1. The molecule has 0 spiro atoms. The SMILES string of the molecule is NC1(C(=O)OCc2ccccc2)CCCCC1.O=C(NC1(C(=O)OCc2ccccc2)CCCCC1)N1CCCC1. The zero-order valence-corrected chi connectivity index (χ0v) is 24.2. The Labute approximate surface area is 244 Å². The molecule has 0 bridgehead atoms. The van der Waals surface area contributed by atoms with Gasteiger partial charge in [-0.3, -0.25) is 4.79 Å². The van der Waals surface area contributed by atoms with Crippen molar-refractivity contribution in [2.75, 3.05) is 13.1 Å². The Balaban J connectivity index is 0.000000201. The molecule has 2 aliphatic carbocycles. The van der Waals surface area contributed by atoms with Gasteiger partial charge in [0.25, 0.3) is 0 Å². The second kappa shape index (κ2) is 15.0. The van der Waals surface area contributed by atoms with E-state index in [1.807, 2.05) is 60.7 Å². The molecule has 8 nitrogen and oxygen atoms in total. The number of hydrogen-bond donors (Lipinski definition) is 2. The summed E-state index contributed by atoms with van der Waals surface area (Å²) in [5, 5.41) is 3.02. The van der Waals surface area contributed by atoms with Crippen LogP contribution in [0.15, 0.2) is 60.7 Å². The number of ether oxygens (including phenoxy) is 2. The van der Waals surface area contributed by atoms with E-state index in [4.69, 9.17) is 15.2 Å². The summed E-state index contributed by atoms with van der Waals surface area (Å²) in [6.45, 7) is 2.13. The van der Waals surface area contributed by atoms with Gasteiger partial charge in [-0.15, -0.1) is 0 Å². The van der Waals surface area contributed by atoms with Gasteiger partial charge in [-0.1, -0.05) is 99.2 Å². The lowest BCUT2D eigenvalue weighted by Crippen LogP contribution is -2.59. The van der Waals surface area contributed by atoms with Crippen LogP contribution >= 0.6 is 0 Å². The van der Waals surface area contributed by atoms with Gasteiger partial charge in [-0.05, 0) is 49.7 Å². The molecule has 2 amide bonds. The second-order valence-corrected chi connectivity index (χ2v) is 11.6. The lowest BCUT2D eigenvalue weighted by molar-refractivity contribution is -0.154. The predicted octanol–water partition coefficient (Wildman–Crippen LogP) is 5.63. The first-order chi connectivity index (χ1) is 19.9. The maximum atomic E-state index is 12.8. The van der Waals surface area contributed by atoms with Gasteiger partial charge < -0.3 is 25.4 Å². The molecule has 222 valence electrons. The maximum absolute atomic E-state index is 12.8. The van der Waals surface area contributed by atoms with Crippen molar-refractivity contribution in [3.05, 3.63) is 71.8 Å². The number of carbonyl (C=O) groups is 3. The van der Waals surface area contributed by atoms with Crippen molar-refractivity contribution in [2.45, 2.75) is 101 Å². The minimum absolute atomic E-state index is 0.119. The molecule has 1 saturated heterocycles. The average molecular weight is 564 g/mol. The lowest BCUT2D eigenvalue weighted by Gasteiger charge is -2.36. The van der Waals surface area contributed by atoms with Crippen LogP contribution in [0.3, 0.4) is 0 Å². The number of amides is 2. The molecule has 0 atom stereocenters. The van der Waals surface area contributed by atoms with Gasteiger partial charge in [0, 0.05) is 13.1 Å². The van der Waals surface area contributed by atoms with Crippen LogP contribution in [0.25, 0.3) is 0 Å². The number of esters is 2. The summed E-state index contributed by atoms with van der Waals surface area (Å²) in [6, 6.07) is 19.2. The molecule has 3 N–H and O–H groups in total. The number of benzene rings is 2. The molecular formula is C33H45N3O5. The van der Waals surface area contributed by atoms with Gasteiger partial charge in [0.15, 0.2) is 0 Å². The molecule has 0 unspecified atom stereocenters. The van der Waals surface area contributed by atoms with E-state index < -0.39 is 11.1 Å². The highest BCUT2D eigenvalue weighted by molar-refractivity contribution is 5.87. The van der Waals surface area contributed by atoms with E-state index in [1.54, 1.807) is 4.90 Å². The molecule has 2 aromatic carbocycles. The monoisotopic (exact) mass is 563 g/mol. The first-order valence-electron chi connectivity index (χ1n) is 15.2. The van der Waals surface area contributed by atoms with Crippen LogP contribution in [-0.4, -0.2) is 47.0 Å². The van der Waals surface area contributed by atoms with Crippen LogP contribution in [0.2, 0.25) is 0 Å². The summed E-state index contributed by atoms with van der Waals surface area (Å²) in [5.74, 6) is -0.542. The van der Waals surface area contributed by atoms with E-state index >= 15 is 0 Å². The number of rotatable bonds is 7. The molecule has 0 aromatic heterocycles. The first-order valence-corrected chi connectivity index (χ1v) is 15.2. The number of carbonyl (C=O) groups excluding carboxylic acids is 3. The Bertz CT molecular complexity index is 1110. The fraction of sp³-hybridized carbons (Fsp3) is 0.545. The fourth-order valence-electron chi connectivity index (χ4n) is 5.85. The largest absolute Gasteiger partial charge is 0.459 e. The van der Waals surface area contributed by atoms with Gasteiger partial charge in [0.1, 0.15) is 24.3 Å². The number of urea groups is 1. The minimum atomic E-state index is -0.854. The second-order valence-electron chi connectivity index (χ2n) is 11.6. The number of likely N-dealkylation sites (tertiary alicyclic amines) is 1. The Morgan fingerprint density at radius 3 is 1.63 bits per heavy atom. The van der Waals surface area contributed by atoms with E-state index in [9.17, 15) is 14.4 Å². The van der Waals surface area contributed by atoms with Crippen molar-refractivity contribution in [3.8, 4) is 0 Å². The van der Waals surface area contributed by atoms with Crippen molar-refractivity contribution in [1.82, 2.24) is 10.2 Å². The maximum Gasteiger partial charge on any atom is 0.332 e. The highest BCUT2D eigenvalue weighted by atomic mass is 16.5. The van der Waals surface area contributed by atoms with Crippen LogP contribution in [0.4, 0.5) is 4.79 Å². The molecule has 8 heteroatoms. The Morgan fingerprint density at radius 1 is 0.659 bits per heavy atom. The average Bonchev–Trinajstić information content (AvgIpc) is 3.56. The highest BCUT2D eigenvalue weighted by Crippen LogP contribution is 2.30. The molecule has 5 rings (SSSR count). The first kappa shape index (κ1) is 30.6. The summed E-state index contributed by atoms with van der Waals surface area (Å²) in [5.41, 5.74) is 6.46. The summed E-state index contributed by atoms with van der Waals surface area (Å²) in [4.78, 5) is 39.0. The van der Waals surface area contributed by atoms with Gasteiger partial charge in [-0.2, -0.15) is 0 Å². The number of nitrogens with zero attached hydrogens (tertiary/aromatic N) is 1. The third-order valence-corrected chi connectivity index (χ3v) is 8.42. The third kappa shape index (κ3) is 8.80. The standard InChI is InChI=1S/C19H26N2O3.C14H19NO2/c22-17(24-15-16-9-3-1-4-10-16)19(11-5-2-6-12-19)20-18(23)21-13-7-8-14-21;15-14(9-5-2-6-10-14)13(16)17-11-12-7-3-1-4-8-12/h1,3-4,9-10H,2,5-8,11-15H2,(H,20,23);1,3-4,7-8H,2,5-6,9-11,15H2. The summed E-state index contributed by atoms with van der Waals surface area (Å²) in [6.07, 6.45) is 11.1. The topological polar surface area (TPSA) is 111 Å². The normalized spacial score (nSPS) is 19.3. The smallest absolute Gasteiger partial charge is 0.332 e. The molecule has 3 fully saturated rings. The molecule has 41 heavy (non-hydrogen) atoms. The minimum Gasteiger partial charge on any atom is -0.459 e. The fourth-order valence-corrected chi connectivity index (χ4v) is 5.85. The van der Waals surface area contributed by atoms with Crippen LogP contribution in [0, 0.1) is 0 Å². The van der Waals surface area contributed by atoms with Crippen LogP contribution < -0.4 is 11.1 Å². The van der Waals surface area contributed by atoms with E-state index in [1.165, 1.54) is 6.42 Å². The predicted molar refractivity (Wildman–Crippen MR) is 158 cm³/mol. The summed E-state index contributed by atoms with van der Waals surface area (Å²) in [7, 11) is 0. The van der Waals surface area contributed by atoms with E-state index in [0.717, 1.165) is 82.0 Å². The van der Waals surface area contributed by atoms with Crippen molar-refractivity contribution < 1.29 is 23.9 Å². The molecular weight excluding hydrogens is 518 g/mol. The van der Waals surface area contributed by atoms with Crippen molar-refractivity contribution in [3.63, 3.8) is 0 Å². The zero-order valence-electron chi connectivity index (χ0n) is 24.2. The molecule has 2 saturated carbocycles. The quantitative estimate of drug-likeness (QED) is 0.423.